The fourth-order valence-electron chi connectivity index (χ4n) is 2.72. The molecule has 0 saturated carbocycles. The van der Waals surface area contributed by atoms with E-state index in [1.807, 2.05) is 42.5 Å². The van der Waals surface area contributed by atoms with Gasteiger partial charge in [-0.25, -0.2) is 0 Å². The molecular weight excluding hydrogens is 459 g/mol. The molecule has 154 valence electrons. The molecular formula is C22H18Cl2N2O2S2. The number of allylic oxidation sites excluding steroid dienone is 2. The van der Waals surface area contributed by atoms with Crippen molar-refractivity contribution in [1.29, 1.82) is 0 Å². The maximum absolute atomic E-state index is 12.6. The zero-order chi connectivity index (χ0) is 21.5. The van der Waals surface area contributed by atoms with Crippen molar-refractivity contribution in [3.63, 3.8) is 0 Å². The van der Waals surface area contributed by atoms with Gasteiger partial charge in [-0.15, -0.1) is 0 Å². The van der Waals surface area contributed by atoms with E-state index < -0.39 is 0 Å². The second-order valence-corrected chi connectivity index (χ2v) is 8.92. The number of rotatable bonds is 7. The molecule has 1 heterocycles. The number of amides is 2. The Morgan fingerprint density at radius 1 is 1.17 bits per heavy atom. The van der Waals surface area contributed by atoms with Crippen LogP contribution in [-0.4, -0.2) is 27.6 Å². The second kappa shape index (κ2) is 10.8. The molecule has 1 aliphatic rings. The minimum atomic E-state index is -0.189. The minimum Gasteiger partial charge on any atom is -0.325 e. The molecule has 0 atom stereocenters. The van der Waals surface area contributed by atoms with Gasteiger partial charge in [-0.05, 0) is 36.3 Å². The monoisotopic (exact) mass is 476 g/mol. The minimum absolute atomic E-state index is 0.135. The number of halogens is 2. The smallest absolute Gasteiger partial charge is 0.266 e. The highest BCUT2D eigenvalue weighted by Crippen LogP contribution is 2.31. The Hall–Kier alpha value is -2.12. The fraction of sp³-hybridized carbons (Fsp3) is 0.136. The number of nitrogens with one attached hydrogen (secondary N) is 1. The fourth-order valence-corrected chi connectivity index (χ4v) is 4.43. The number of carbonyl (C=O) groups is 2. The van der Waals surface area contributed by atoms with E-state index in [1.54, 1.807) is 24.3 Å². The van der Waals surface area contributed by atoms with Crippen LogP contribution in [-0.2, 0) is 9.59 Å². The lowest BCUT2D eigenvalue weighted by molar-refractivity contribution is -0.122. The molecule has 1 N–H and O–H groups in total. The van der Waals surface area contributed by atoms with E-state index in [-0.39, 0.29) is 18.2 Å². The van der Waals surface area contributed by atoms with Crippen molar-refractivity contribution in [2.45, 2.75) is 12.8 Å². The van der Waals surface area contributed by atoms with Crippen molar-refractivity contribution < 1.29 is 9.59 Å². The summed E-state index contributed by atoms with van der Waals surface area (Å²) in [5.74, 6) is -0.324. The Bertz CT molecular complexity index is 1020. The van der Waals surface area contributed by atoms with Crippen LogP contribution >= 0.6 is 47.2 Å². The van der Waals surface area contributed by atoms with E-state index in [1.165, 1.54) is 16.7 Å². The molecule has 4 nitrogen and oxygen atoms in total. The Morgan fingerprint density at radius 2 is 1.93 bits per heavy atom. The highest BCUT2D eigenvalue weighted by atomic mass is 35.5. The second-order valence-electron chi connectivity index (χ2n) is 6.40. The first-order valence-corrected chi connectivity index (χ1v) is 11.1. The average molecular weight is 477 g/mol. The van der Waals surface area contributed by atoms with Crippen LogP contribution in [0.5, 0.6) is 0 Å². The van der Waals surface area contributed by atoms with Crippen LogP contribution < -0.4 is 5.32 Å². The van der Waals surface area contributed by atoms with Crippen LogP contribution in [0.3, 0.4) is 0 Å². The van der Waals surface area contributed by atoms with Gasteiger partial charge in [0.1, 0.15) is 4.32 Å². The van der Waals surface area contributed by atoms with Crippen molar-refractivity contribution in [3.8, 4) is 0 Å². The number of benzene rings is 2. The van der Waals surface area contributed by atoms with Gasteiger partial charge < -0.3 is 5.32 Å². The van der Waals surface area contributed by atoms with Crippen molar-refractivity contribution in [3.05, 3.63) is 81.2 Å². The Balaban J connectivity index is 1.50. The third kappa shape index (κ3) is 6.19. The molecule has 1 fully saturated rings. The number of thiocarbonyl (C=S) groups is 1. The molecule has 1 saturated heterocycles. The maximum atomic E-state index is 12.6. The first-order chi connectivity index (χ1) is 14.4. The Kier molecular flexibility index (Phi) is 8.10. The van der Waals surface area contributed by atoms with Crippen LogP contribution in [0.15, 0.2) is 65.6 Å². The average Bonchev–Trinajstić information content (AvgIpc) is 2.98. The molecule has 30 heavy (non-hydrogen) atoms. The highest BCUT2D eigenvalue weighted by Gasteiger charge is 2.31. The lowest BCUT2D eigenvalue weighted by Gasteiger charge is -2.14. The first-order valence-electron chi connectivity index (χ1n) is 9.16. The van der Waals surface area contributed by atoms with Gasteiger partial charge in [0.15, 0.2) is 0 Å². The molecule has 8 heteroatoms. The summed E-state index contributed by atoms with van der Waals surface area (Å²) in [6, 6.07) is 14.7. The van der Waals surface area contributed by atoms with Crippen LogP contribution in [0.1, 0.15) is 18.4 Å². The molecule has 0 bridgehead atoms. The van der Waals surface area contributed by atoms with E-state index in [4.69, 9.17) is 35.4 Å². The summed E-state index contributed by atoms with van der Waals surface area (Å²) in [7, 11) is 0. The van der Waals surface area contributed by atoms with Gasteiger partial charge in [0.25, 0.3) is 5.91 Å². The van der Waals surface area contributed by atoms with Crippen molar-refractivity contribution in [2.24, 2.45) is 0 Å². The molecule has 2 aromatic rings. The van der Waals surface area contributed by atoms with Gasteiger partial charge in [-0.3, -0.25) is 14.5 Å². The van der Waals surface area contributed by atoms with E-state index in [0.29, 0.717) is 37.9 Å². The van der Waals surface area contributed by atoms with E-state index in [0.717, 1.165) is 5.56 Å². The third-order valence-electron chi connectivity index (χ3n) is 4.20. The van der Waals surface area contributed by atoms with Crippen LogP contribution in [0.4, 0.5) is 5.69 Å². The number of hydrogen-bond donors (Lipinski definition) is 1. The molecule has 0 aliphatic carbocycles. The zero-order valence-corrected chi connectivity index (χ0v) is 19.0. The summed E-state index contributed by atoms with van der Waals surface area (Å²) < 4.78 is 0.500. The maximum Gasteiger partial charge on any atom is 0.266 e. The van der Waals surface area contributed by atoms with Crippen LogP contribution in [0, 0.1) is 0 Å². The van der Waals surface area contributed by atoms with E-state index in [2.05, 4.69) is 5.32 Å². The first kappa shape index (κ1) is 22.6. The van der Waals surface area contributed by atoms with Crippen LogP contribution in [0.2, 0.25) is 10.0 Å². The lowest BCUT2D eigenvalue weighted by Crippen LogP contribution is -2.29. The zero-order valence-electron chi connectivity index (χ0n) is 15.8. The number of hydrogen-bond acceptors (Lipinski definition) is 4. The van der Waals surface area contributed by atoms with Gasteiger partial charge in [0.05, 0.1) is 15.6 Å². The largest absolute Gasteiger partial charge is 0.325 e. The highest BCUT2D eigenvalue weighted by molar-refractivity contribution is 8.26. The molecule has 3 rings (SSSR count). The third-order valence-corrected chi connectivity index (χ3v) is 6.14. The van der Waals surface area contributed by atoms with Crippen molar-refractivity contribution >= 4 is 75.1 Å². The Morgan fingerprint density at radius 3 is 2.67 bits per heavy atom. The summed E-state index contributed by atoms with van der Waals surface area (Å²) in [6.45, 7) is 0.381. The summed E-state index contributed by atoms with van der Waals surface area (Å²) in [5, 5.41) is 3.62. The van der Waals surface area contributed by atoms with Crippen LogP contribution in [0.25, 0.3) is 6.08 Å². The predicted molar refractivity (Wildman–Crippen MR) is 130 cm³/mol. The molecule has 0 unspecified atom stereocenters. The van der Waals surface area contributed by atoms with E-state index >= 15 is 0 Å². The number of thioether (sulfide) groups is 1. The summed E-state index contributed by atoms with van der Waals surface area (Å²) in [4.78, 5) is 26.9. The van der Waals surface area contributed by atoms with Gasteiger partial charge in [0, 0.05) is 18.0 Å². The quantitative estimate of drug-likeness (QED) is 0.383. The van der Waals surface area contributed by atoms with Gasteiger partial charge >= 0.3 is 0 Å². The topological polar surface area (TPSA) is 49.4 Å². The summed E-state index contributed by atoms with van der Waals surface area (Å²) in [5.41, 5.74) is 1.56. The normalized spacial score (nSPS) is 15.4. The standard InChI is InChI=1S/C22H18Cl2N2O2S2/c23-16-11-12-18(17(24)14-16)25-20(27)10-5-13-26-21(28)19(30-22(26)29)9-4-8-15-6-2-1-3-7-15/h1-4,6-9,11-12,14H,5,10,13H2,(H,25,27). The molecule has 1 aliphatic heterocycles. The molecule has 0 aromatic heterocycles. The summed E-state index contributed by atoms with van der Waals surface area (Å²) >= 11 is 18.5. The van der Waals surface area contributed by atoms with Crippen molar-refractivity contribution in [1.82, 2.24) is 4.90 Å². The van der Waals surface area contributed by atoms with Gasteiger partial charge in [-0.2, -0.15) is 0 Å². The molecule has 2 amide bonds. The SMILES string of the molecule is O=C(CCCN1C(=O)C(=CC=Cc2ccccc2)SC1=S)Nc1ccc(Cl)cc1Cl. The predicted octanol–water partition coefficient (Wildman–Crippen LogP) is 6.17. The van der Waals surface area contributed by atoms with Gasteiger partial charge in [0.2, 0.25) is 5.91 Å². The molecule has 0 radical (unpaired) electrons. The molecule has 2 aromatic carbocycles. The number of carbonyl (C=O) groups excluding carboxylic acids is 2. The summed E-state index contributed by atoms with van der Waals surface area (Å²) in [6.07, 6.45) is 6.25. The van der Waals surface area contributed by atoms with Gasteiger partial charge in [-0.1, -0.05) is 89.7 Å². The number of nitrogens with zero attached hydrogens (tertiary/aromatic N) is 1. The Labute approximate surface area is 194 Å². The van der Waals surface area contributed by atoms with E-state index in [9.17, 15) is 9.59 Å². The van der Waals surface area contributed by atoms with Crippen molar-refractivity contribution in [2.75, 3.05) is 11.9 Å². The lowest BCUT2D eigenvalue weighted by atomic mass is 10.2. The number of anilines is 1. The molecule has 0 spiro atoms.